The predicted octanol–water partition coefficient (Wildman–Crippen LogP) is 1.40. The number of aromatic nitrogens is 3. The van der Waals surface area contributed by atoms with Gasteiger partial charge in [-0.25, -0.2) is 19.3 Å². The summed E-state index contributed by atoms with van der Waals surface area (Å²) in [5, 5.41) is 6.89. The van der Waals surface area contributed by atoms with Crippen molar-refractivity contribution in [1.82, 2.24) is 14.8 Å². The van der Waals surface area contributed by atoms with E-state index in [2.05, 4.69) is 15.4 Å². The van der Waals surface area contributed by atoms with Crippen LogP contribution in [0.3, 0.4) is 0 Å². The number of nitrogens with one attached hydrogen (secondary N) is 1. The van der Waals surface area contributed by atoms with Gasteiger partial charge >= 0.3 is 11.9 Å². The highest BCUT2D eigenvalue weighted by atomic mass is 16.7. The molecule has 118 valence electrons. The zero-order chi connectivity index (χ0) is 16.4. The first-order valence-corrected chi connectivity index (χ1v) is 6.83. The second-order valence-corrected chi connectivity index (χ2v) is 5.27. The first-order chi connectivity index (χ1) is 10.9. The summed E-state index contributed by atoms with van der Waals surface area (Å²) in [6.07, 6.45) is 4.29. The summed E-state index contributed by atoms with van der Waals surface area (Å²) in [7, 11) is 0. The number of cyclic esters (lactones) is 2. The lowest BCUT2D eigenvalue weighted by molar-refractivity contribution is -0.222. The van der Waals surface area contributed by atoms with Gasteiger partial charge in [0.25, 0.3) is 5.79 Å². The average molecular weight is 314 g/mol. The fraction of sp³-hybridized carbons (Fsp3) is 0.200. The highest BCUT2D eigenvalue weighted by Crippen LogP contribution is 2.22. The lowest BCUT2D eigenvalue weighted by Gasteiger charge is -2.29. The molecule has 1 aromatic heterocycles. The fourth-order valence-electron chi connectivity index (χ4n) is 1.99. The molecule has 3 rings (SSSR count). The second-order valence-electron chi connectivity index (χ2n) is 5.27. The van der Waals surface area contributed by atoms with E-state index in [-0.39, 0.29) is 5.57 Å². The van der Waals surface area contributed by atoms with Crippen LogP contribution in [0.4, 0.5) is 5.69 Å². The molecule has 2 aromatic rings. The van der Waals surface area contributed by atoms with Crippen LogP contribution >= 0.6 is 0 Å². The first kappa shape index (κ1) is 14.8. The predicted molar refractivity (Wildman–Crippen MR) is 79.3 cm³/mol. The van der Waals surface area contributed by atoms with Crippen LogP contribution in [-0.2, 0) is 19.1 Å². The Balaban J connectivity index is 1.72. The number of carbonyl (C=O) groups is 2. The van der Waals surface area contributed by atoms with E-state index in [0.717, 1.165) is 5.69 Å². The monoisotopic (exact) mass is 314 g/mol. The molecule has 1 aromatic carbocycles. The summed E-state index contributed by atoms with van der Waals surface area (Å²) < 4.78 is 11.6. The zero-order valence-corrected chi connectivity index (χ0v) is 12.5. The lowest BCUT2D eigenvalue weighted by atomic mass is 10.2. The van der Waals surface area contributed by atoms with E-state index in [9.17, 15) is 9.59 Å². The normalized spacial score (nSPS) is 16.5. The van der Waals surface area contributed by atoms with Crippen LogP contribution in [0.5, 0.6) is 0 Å². The minimum atomic E-state index is -1.25. The molecule has 1 fully saturated rings. The van der Waals surface area contributed by atoms with E-state index in [1.54, 1.807) is 23.1 Å². The molecule has 1 N–H and O–H groups in total. The number of nitrogens with zero attached hydrogens (tertiary/aromatic N) is 3. The van der Waals surface area contributed by atoms with Crippen LogP contribution in [0.2, 0.25) is 0 Å². The average Bonchev–Trinajstić information content (AvgIpc) is 3.00. The van der Waals surface area contributed by atoms with Gasteiger partial charge in [0.2, 0.25) is 0 Å². The molecule has 1 saturated heterocycles. The van der Waals surface area contributed by atoms with Crippen LogP contribution in [0, 0.1) is 0 Å². The number of hydrogen-bond donors (Lipinski definition) is 1. The summed E-state index contributed by atoms with van der Waals surface area (Å²) in [5.74, 6) is -2.69. The molecule has 8 heteroatoms. The van der Waals surface area contributed by atoms with E-state index >= 15 is 0 Å². The van der Waals surface area contributed by atoms with Crippen molar-refractivity contribution < 1.29 is 19.1 Å². The molecular weight excluding hydrogens is 300 g/mol. The summed E-state index contributed by atoms with van der Waals surface area (Å²) in [6.45, 7) is 2.99. The molecule has 0 bridgehead atoms. The minimum Gasteiger partial charge on any atom is -0.419 e. The standard InChI is InChI=1S/C15H14N4O4/c1-15(2)22-13(20)12(14(21)23-15)7-17-10-3-5-11(6-4-10)19-9-16-8-18-19/h3-9,17H,1-2H3. The van der Waals surface area contributed by atoms with E-state index in [1.165, 1.54) is 26.4 Å². The number of benzene rings is 1. The van der Waals surface area contributed by atoms with Crippen molar-refractivity contribution in [3.05, 3.63) is 48.7 Å². The number of hydrogen-bond acceptors (Lipinski definition) is 7. The molecule has 1 aliphatic heterocycles. The van der Waals surface area contributed by atoms with Crippen molar-refractivity contribution in [2.45, 2.75) is 19.6 Å². The highest BCUT2D eigenvalue weighted by molar-refractivity contribution is 6.15. The van der Waals surface area contributed by atoms with E-state index in [1.807, 2.05) is 12.1 Å². The smallest absolute Gasteiger partial charge is 0.350 e. The minimum absolute atomic E-state index is 0.190. The Kier molecular flexibility index (Phi) is 3.57. The molecule has 0 radical (unpaired) electrons. The molecule has 0 saturated carbocycles. The van der Waals surface area contributed by atoms with Gasteiger partial charge in [-0.15, -0.1) is 0 Å². The molecule has 0 aliphatic carbocycles. The number of rotatable bonds is 3. The van der Waals surface area contributed by atoms with Crippen LogP contribution in [0.15, 0.2) is 48.7 Å². The molecule has 23 heavy (non-hydrogen) atoms. The van der Waals surface area contributed by atoms with Gasteiger partial charge in [-0.1, -0.05) is 0 Å². The largest absolute Gasteiger partial charge is 0.419 e. The molecule has 0 unspecified atom stereocenters. The topological polar surface area (TPSA) is 95.3 Å². The van der Waals surface area contributed by atoms with Crippen molar-refractivity contribution >= 4 is 17.6 Å². The van der Waals surface area contributed by atoms with Gasteiger partial charge in [0.15, 0.2) is 5.57 Å². The van der Waals surface area contributed by atoms with E-state index in [0.29, 0.717) is 5.69 Å². The third-order valence-electron chi connectivity index (χ3n) is 3.05. The Morgan fingerprint density at radius 3 is 2.35 bits per heavy atom. The molecule has 0 atom stereocenters. The lowest BCUT2D eigenvalue weighted by Crippen LogP contribution is -2.42. The van der Waals surface area contributed by atoms with Crippen LogP contribution in [0.25, 0.3) is 5.69 Å². The Bertz CT molecular complexity index is 741. The summed E-state index contributed by atoms with van der Waals surface area (Å²) in [4.78, 5) is 27.5. The summed E-state index contributed by atoms with van der Waals surface area (Å²) >= 11 is 0. The third-order valence-corrected chi connectivity index (χ3v) is 3.05. The number of ether oxygens (including phenoxy) is 2. The Labute approximate surface area is 131 Å². The van der Waals surface area contributed by atoms with Gasteiger partial charge in [-0.2, -0.15) is 5.10 Å². The van der Waals surface area contributed by atoms with Crippen molar-refractivity contribution in [2.24, 2.45) is 0 Å². The van der Waals surface area contributed by atoms with Crippen molar-refractivity contribution in [2.75, 3.05) is 5.32 Å². The molecular formula is C15H14N4O4. The number of anilines is 1. The quantitative estimate of drug-likeness (QED) is 0.519. The van der Waals surface area contributed by atoms with Crippen molar-refractivity contribution in [3.8, 4) is 5.69 Å². The molecule has 8 nitrogen and oxygen atoms in total. The maximum absolute atomic E-state index is 11.8. The Hall–Kier alpha value is -3.16. The van der Waals surface area contributed by atoms with Crippen LogP contribution in [-0.4, -0.2) is 32.5 Å². The van der Waals surface area contributed by atoms with E-state index < -0.39 is 17.7 Å². The van der Waals surface area contributed by atoms with Gasteiger partial charge < -0.3 is 14.8 Å². The van der Waals surface area contributed by atoms with Crippen LogP contribution in [0.1, 0.15) is 13.8 Å². The molecule has 2 heterocycles. The molecule has 0 amide bonds. The van der Waals surface area contributed by atoms with Gasteiger partial charge in [0.05, 0.1) is 5.69 Å². The highest BCUT2D eigenvalue weighted by Gasteiger charge is 2.38. The van der Waals surface area contributed by atoms with Gasteiger partial charge in [-0.3, -0.25) is 0 Å². The fourth-order valence-corrected chi connectivity index (χ4v) is 1.99. The summed E-state index contributed by atoms with van der Waals surface area (Å²) in [6, 6.07) is 7.18. The van der Waals surface area contributed by atoms with Gasteiger partial charge in [-0.05, 0) is 24.3 Å². The van der Waals surface area contributed by atoms with Crippen molar-refractivity contribution in [3.63, 3.8) is 0 Å². The van der Waals surface area contributed by atoms with Crippen molar-refractivity contribution in [1.29, 1.82) is 0 Å². The maximum atomic E-state index is 11.8. The second kappa shape index (κ2) is 5.56. The maximum Gasteiger partial charge on any atom is 0.350 e. The van der Waals surface area contributed by atoms with E-state index in [4.69, 9.17) is 9.47 Å². The molecule has 1 aliphatic rings. The first-order valence-electron chi connectivity index (χ1n) is 6.83. The third kappa shape index (κ3) is 3.20. The zero-order valence-electron chi connectivity index (χ0n) is 12.5. The van der Waals surface area contributed by atoms with Gasteiger partial charge in [0.1, 0.15) is 12.7 Å². The summed E-state index contributed by atoms with van der Waals surface area (Å²) in [5.41, 5.74) is 1.33. The Morgan fingerprint density at radius 2 is 1.78 bits per heavy atom. The molecule has 0 spiro atoms. The SMILES string of the molecule is CC1(C)OC(=O)C(=CNc2ccc(-n3cncn3)cc2)C(=O)O1. The number of esters is 2. The van der Waals surface area contributed by atoms with Gasteiger partial charge in [0, 0.05) is 25.7 Å². The number of carbonyl (C=O) groups excluding carboxylic acids is 2. The Morgan fingerprint density at radius 1 is 1.13 bits per heavy atom. The van der Waals surface area contributed by atoms with Crippen LogP contribution < -0.4 is 5.32 Å².